The first-order chi connectivity index (χ1) is 9.60. The summed E-state index contributed by atoms with van der Waals surface area (Å²) in [5, 5.41) is 0.105. The van der Waals surface area contributed by atoms with E-state index in [0.717, 1.165) is 5.57 Å². The average molecular weight is 315 g/mol. The fraction of sp³-hybridized carbons (Fsp3) is 0.500. The maximum Gasteiger partial charge on any atom is 0.410 e. The van der Waals surface area contributed by atoms with Crippen molar-refractivity contribution in [2.24, 2.45) is 17.2 Å². The highest BCUT2D eigenvalue weighted by Gasteiger charge is 2.24. The molecule has 0 saturated carbocycles. The molecule has 0 aromatic carbocycles. The number of nitrogens with two attached hydrogens (primary N) is 3. The molecule has 1 amide bonds. The quantitative estimate of drug-likeness (QED) is 0.531. The summed E-state index contributed by atoms with van der Waals surface area (Å²) in [6, 6.07) is 0. The maximum absolute atomic E-state index is 12.0. The second-order valence-corrected chi connectivity index (χ2v) is 6.24. The summed E-state index contributed by atoms with van der Waals surface area (Å²) in [4.78, 5) is 13.6. The van der Waals surface area contributed by atoms with Crippen molar-refractivity contribution in [1.29, 1.82) is 0 Å². The fourth-order valence-corrected chi connectivity index (χ4v) is 2.01. The van der Waals surface area contributed by atoms with Gasteiger partial charge in [-0.1, -0.05) is 17.7 Å². The van der Waals surface area contributed by atoms with Crippen molar-refractivity contribution in [3.63, 3.8) is 0 Å². The summed E-state index contributed by atoms with van der Waals surface area (Å²) in [7, 11) is 0. The number of halogens is 1. The van der Waals surface area contributed by atoms with Crippen LogP contribution in [-0.4, -0.2) is 29.7 Å². The average Bonchev–Trinajstić information content (AvgIpc) is 2.33. The van der Waals surface area contributed by atoms with Crippen molar-refractivity contribution in [3.8, 4) is 0 Å². The number of hydrogen-bond acceptors (Lipinski definition) is 5. The Bertz CT molecular complexity index is 496. The van der Waals surface area contributed by atoms with Crippen LogP contribution in [0.5, 0.6) is 0 Å². The van der Waals surface area contributed by atoms with Gasteiger partial charge >= 0.3 is 6.09 Å². The molecule has 0 bridgehead atoms. The molecule has 0 unspecified atom stereocenters. The molecule has 6 N–H and O–H groups in total. The largest absolute Gasteiger partial charge is 0.444 e. The minimum absolute atomic E-state index is 0.105. The number of amides is 1. The van der Waals surface area contributed by atoms with E-state index in [1.165, 1.54) is 6.08 Å². The van der Waals surface area contributed by atoms with Crippen LogP contribution >= 0.6 is 11.6 Å². The summed E-state index contributed by atoms with van der Waals surface area (Å²) >= 11 is 5.67. The molecule has 118 valence electrons. The molecule has 0 saturated heterocycles. The molecule has 0 radical (unpaired) electrons. The van der Waals surface area contributed by atoms with Crippen molar-refractivity contribution in [1.82, 2.24) is 4.90 Å². The van der Waals surface area contributed by atoms with Gasteiger partial charge in [0.2, 0.25) is 0 Å². The molecular formula is C14H23ClN4O2. The molecule has 6 nitrogen and oxygen atoms in total. The Morgan fingerprint density at radius 2 is 2.00 bits per heavy atom. The van der Waals surface area contributed by atoms with Crippen LogP contribution in [-0.2, 0) is 4.74 Å². The summed E-state index contributed by atoms with van der Waals surface area (Å²) in [6.07, 6.45) is 3.66. The normalized spacial score (nSPS) is 16.3. The maximum atomic E-state index is 12.0. The predicted molar refractivity (Wildman–Crippen MR) is 84.0 cm³/mol. The van der Waals surface area contributed by atoms with Crippen LogP contribution < -0.4 is 17.2 Å². The predicted octanol–water partition coefficient (Wildman–Crippen LogP) is 1.72. The Kier molecular flexibility index (Phi) is 5.54. The van der Waals surface area contributed by atoms with Gasteiger partial charge in [-0.05, 0) is 38.8 Å². The van der Waals surface area contributed by atoms with Crippen molar-refractivity contribution in [2.45, 2.75) is 32.8 Å². The van der Waals surface area contributed by atoms with Gasteiger partial charge in [-0.2, -0.15) is 0 Å². The van der Waals surface area contributed by atoms with Crippen LogP contribution in [0.15, 0.2) is 34.3 Å². The van der Waals surface area contributed by atoms with Crippen molar-refractivity contribution < 1.29 is 9.53 Å². The topological polar surface area (TPSA) is 108 Å². The van der Waals surface area contributed by atoms with E-state index in [0.29, 0.717) is 25.1 Å². The molecule has 7 heteroatoms. The third-order valence-corrected chi connectivity index (χ3v) is 2.91. The van der Waals surface area contributed by atoms with Gasteiger partial charge in [0, 0.05) is 18.7 Å². The van der Waals surface area contributed by atoms with Gasteiger partial charge in [0.25, 0.3) is 0 Å². The SMILES string of the molecule is CC(C)(C)OC(=O)N1CC=C(C(/C=C(\N)Cl)=C(N)N)CC1. The Hall–Kier alpha value is -1.82. The first-order valence-corrected chi connectivity index (χ1v) is 7.03. The molecular weight excluding hydrogens is 292 g/mol. The Morgan fingerprint density at radius 3 is 2.38 bits per heavy atom. The molecule has 1 heterocycles. The lowest BCUT2D eigenvalue weighted by molar-refractivity contribution is 0.0266. The summed E-state index contributed by atoms with van der Waals surface area (Å²) in [5.41, 5.74) is 17.8. The standard InChI is InChI=1S/C14H23ClN4O2/c1-14(2,3)21-13(20)19-6-4-9(5-7-19)10(12(17)18)8-11(15)16/h4,8H,5-7,16-18H2,1-3H3/b11-8-. The highest BCUT2D eigenvalue weighted by Crippen LogP contribution is 2.23. The number of ether oxygens (including phenoxy) is 1. The lowest BCUT2D eigenvalue weighted by Gasteiger charge is -2.30. The summed E-state index contributed by atoms with van der Waals surface area (Å²) in [6.45, 7) is 6.45. The Balaban J connectivity index is 2.80. The number of carbonyl (C=O) groups excluding carboxylic acids is 1. The van der Waals surface area contributed by atoms with Gasteiger partial charge in [-0.15, -0.1) is 0 Å². The minimum Gasteiger partial charge on any atom is -0.444 e. The molecule has 0 fully saturated rings. The molecule has 1 rings (SSSR count). The zero-order chi connectivity index (χ0) is 16.2. The second kappa shape index (κ2) is 6.76. The minimum atomic E-state index is -0.510. The lowest BCUT2D eigenvalue weighted by atomic mass is 9.99. The fourth-order valence-electron chi connectivity index (χ4n) is 1.91. The second-order valence-electron chi connectivity index (χ2n) is 5.80. The van der Waals surface area contributed by atoms with E-state index in [4.69, 9.17) is 33.5 Å². The van der Waals surface area contributed by atoms with Gasteiger partial charge < -0.3 is 26.8 Å². The van der Waals surface area contributed by atoms with Crippen LogP contribution in [0.3, 0.4) is 0 Å². The molecule has 0 aromatic heterocycles. The molecule has 0 aromatic rings. The lowest BCUT2D eigenvalue weighted by Crippen LogP contribution is -2.39. The number of hydrogen-bond donors (Lipinski definition) is 3. The van der Waals surface area contributed by atoms with E-state index in [9.17, 15) is 4.79 Å². The van der Waals surface area contributed by atoms with Crippen molar-refractivity contribution in [3.05, 3.63) is 34.3 Å². The first-order valence-electron chi connectivity index (χ1n) is 6.65. The zero-order valence-electron chi connectivity index (χ0n) is 12.6. The smallest absolute Gasteiger partial charge is 0.410 e. The molecule has 1 aliphatic heterocycles. The summed E-state index contributed by atoms with van der Waals surface area (Å²) < 4.78 is 5.33. The van der Waals surface area contributed by atoms with Gasteiger partial charge in [0.15, 0.2) is 0 Å². The number of allylic oxidation sites excluding steroid dienone is 2. The van der Waals surface area contributed by atoms with Gasteiger partial charge in [0.1, 0.15) is 11.4 Å². The first kappa shape index (κ1) is 17.2. The number of nitrogens with zero attached hydrogens (tertiary/aromatic N) is 1. The van der Waals surface area contributed by atoms with Crippen LogP contribution in [0.2, 0.25) is 0 Å². The molecule has 21 heavy (non-hydrogen) atoms. The third-order valence-electron chi connectivity index (χ3n) is 2.80. The Morgan fingerprint density at radius 1 is 1.38 bits per heavy atom. The van der Waals surface area contributed by atoms with Gasteiger partial charge in [-0.3, -0.25) is 0 Å². The van der Waals surface area contributed by atoms with E-state index < -0.39 is 5.60 Å². The monoisotopic (exact) mass is 314 g/mol. The van der Waals surface area contributed by atoms with E-state index in [1.54, 1.807) is 4.90 Å². The van der Waals surface area contributed by atoms with Crippen molar-refractivity contribution in [2.75, 3.05) is 13.1 Å². The zero-order valence-corrected chi connectivity index (χ0v) is 13.4. The Labute approximate surface area is 130 Å². The summed E-state index contributed by atoms with van der Waals surface area (Å²) in [5.74, 6) is 0.149. The molecule has 0 spiro atoms. The van der Waals surface area contributed by atoms with Crippen LogP contribution in [0.4, 0.5) is 4.79 Å². The van der Waals surface area contributed by atoms with Crippen LogP contribution in [0.1, 0.15) is 27.2 Å². The highest BCUT2D eigenvalue weighted by molar-refractivity contribution is 6.29. The number of rotatable bonds is 2. The van der Waals surface area contributed by atoms with Crippen LogP contribution in [0.25, 0.3) is 0 Å². The number of carbonyl (C=O) groups is 1. The molecule has 0 aliphatic carbocycles. The van der Waals surface area contributed by atoms with E-state index in [2.05, 4.69) is 0 Å². The molecule has 0 atom stereocenters. The van der Waals surface area contributed by atoms with E-state index in [1.807, 2.05) is 26.8 Å². The van der Waals surface area contributed by atoms with Gasteiger partial charge in [0.05, 0.1) is 5.16 Å². The van der Waals surface area contributed by atoms with E-state index in [-0.39, 0.29) is 17.1 Å². The van der Waals surface area contributed by atoms with Crippen LogP contribution in [0, 0.1) is 0 Å². The highest BCUT2D eigenvalue weighted by atomic mass is 35.5. The van der Waals surface area contributed by atoms with Crippen molar-refractivity contribution >= 4 is 17.7 Å². The van der Waals surface area contributed by atoms with E-state index >= 15 is 0 Å². The third kappa shape index (κ3) is 5.59. The van der Waals surface area contributed by atoms with Gasteiger partial charge in [-0.25, -0.2) is 4.79 Å². The molecule has 1 aliphatic rings.